The van der Waals surface area contributed by atoms with E-state index in [4.69, 9.17) is 23.2 Å². The highest BCUT2D eigenvalue weighted by atomic mass is 35.5. The molecular formula is C12H12Cl2N2O2. The Morgan fingerprint density at radius 1 is 1.39 bits per heavy atom. The Hall–Kier alpha value is -1.26. The lowest BCUT2D eigenvalue weighted by atomic mass is 10.1. The van der Waals surface area contributed by atoms with E-state index in [1.165, 1.54) is 4.90 Å². The topological polar surface area (TPSA) is 49.4 Å². The summed E-state index contributed by atoms with van der Waals surface area (Å²) in [5.74, 6) is -0.231. The molecule has 0 bridgehead atoms. The van der Waals surface area contributed by atoms with Crippen molar-refractivity contribution in [3.8, 4) is 0 Å². The van der Waals surface area contributed by atoms with Gasteiger partial charge in [0.05, 0.1) is 13.0 Å². The Morgan fingerprint density at radius 2 is 2.17 bits per heavy atom. The van der Waals surface area contributed by atoms with Gasteiger partial charge in [-0.15, -0.1) is 0 Å². The second kappa shape index (κ2) is 5.59. The van der Waals surface area contributed by atoms with Gasteiger partial charge in [-0.3, -0.25) is 9.59 Å². The first-order valence-electron chi connectivity index (χ1n) is 5.54. The minimum absolute atomic E-state index is 0.103. The maximum Gasteiger partial charge on any atom is 0.239 e. The molecule has 0 aliphatic carbocycles. The second-order valence-corrected chi connectivity index (χ2v) is 4.92. The van der Waals surface area contributed by atoms with E-state index in [-0.39, 0.29) is 24.8 Å². The molecule has 1 aliphatic heterocycles. The normalized spacial score (nSPS) is 15.4. The molecule has 1 aromatic rings. The van der Waals surface area contributed by atoms with Crippen molar-refractivity contribution in [2.24, 2.45) is 0 Å². The molecule has 1 saturated heterocycles. The molecule has 1 N–H and O–H groups in total. The average Bonchev–Trinajstić information content (AvgIpc) is 2.32. The molecule has 1 aromatic carbocycles. The average molecular weight is 287 g/mol. The summed E-state index contributed by atoms with van der Waals surface area (Å²) in [5, 5.41) is 3.68. The van der Waals surface area contributed by atoms with E-state index in [0.717, 1.165) is 5.56 Å². The molecule has 1 aliphatic rings. The summed E-state index contributed by atoms with van der Waals surface area (Å²) in [6.07, 6.45) is 0.184. The van der Waals surface area contributed by atoms with Gasteiger partial charge < -0.3 is 10.2 Å². The highest BCUT2D eigenvalue weighted by Gasteiger charge is 2.21. The molecule has 1 fully saturated rings. The SMILES string of the molecule is O=C1CN(C(=O)Cc2ccc(Cl)cc2Cl)CCN1. The van der Waals surface area contributed by atoms with E-state index < -0.39 is 0 Å². The Kier molecular flexibility index (Phi) is 4.09. The number of piperazine rings is 1. The van der Waals surface area contributed by atoms with Gasteiger partial charge in [0.15, 0.2) is 0 Å². The van der Waals surface area contributed by atoms with Gasteiger partial charge in [-0.25, -0.2) is 0 Å². The zero-order chi connectivity index (χ0) is 13.1. The molecule has 2 amide bonds. The maximum atomic E-state index is 12.0. The molecule has 0 radical (unpaired) electrons. The molecule has 4 nitrogen and oxygen atoms in total. The van der Waals surface area contributed by atoms with Crippen LogP contribution in [0.15, 0.2) is 18.2 Å². The molecule has 6 heteroatoms. The van der Waals surface area contributed by atoms with Crippen LogP contribution in [0.5, 0.6) is 0 Å². The fourth-order valence-electron chi connectivity index (χ4n) is 1.79. The number of nitrogens with one attached hydrogen (secondary N) is 1. The predicted molar refractivity (Wildman–Crippen MR) is 69.8 cm³/mol. The Morgan fingerprint density at radius 3 is 2.83 bits per heavy atom. The number of carbonyl (C=O) groups is 2. The van der Waals surface area contributed by atoms with E-state index >= 15 is 0 Å². The first-order chi connectivity index (χ1) is 8.56. The fourth-order valence-corrected chi connectivity index (χ4v) is 2.27. The van der Waals surface area contributed by atoms with Gasteiger partial charge >= 0.3 is 0 Å². The molecule has 1 heterocycles. The van der Waals surface area contributed by atoms with Gasteiger partial charge in [-0.2, -0.15) is 0 Å². The van der Waals surface area contributed by atoms with Crippen LogP contribution in [0.4, 0.5) is 0 Å². The van der Waals surface area contributed by atoms with Gasteiger partial charge in [-0.05, 0) is 17.7 Å². The molecule has 0 atom stereocenters. The Labute approximate surface area is 115 Å². The van der Waals surface area contributed by atoms with Crippen molar-refractivity contribution >= 4 is 35.0 Å². The summed E-state index contributed by atoms with van der Waals surface area (Å²) >= 11 is 11.8. The number of benzene rings is 1. The van der Waals surface area contributed by atoms with Crippen molar-refractivity contribution in [3.63, 3.8) is 0 Å². The van der Waals surface area contributed by atoms with Crippen molar-refractivity contribution in [2.75, 3.05) is 19.6 Å². The zero-order valence-corrected chi connectivity index (χ0v) is 11.1. The van der Waals surface area contributed by atoms with Gasteiger partial charge in [0.1, 0.15) is 0 Å². The summed E-state index contributed by atoms with van der Waals surface area (Å²) in [5.41, 5.74) is 0.719. The summed E-state index contributed by atoms with van der Waals surface area (Å²) in [7, 11) is 0. The number of carbonyl (C=O) groups excluding carboxylic acids is 2. The van der Waals surface area contributed by atoms with Gasteiger partial charge in [0, 0.05) is 23.1 Å². The van der Waals surface area contributed by atoms with Crippen LogP contribution in [0, 0.1) is 0 Å². The maximum absolute atomic E-state index is 12.0. The third-order valence-electron chi connectivity index (χ3n) is 2.75. The summed E-state index contributed by atoms with van der Waals surface area (Å²) in [6, 6.07) is 5.03. The first kappa shape index (κ1) is 13.2. The summed E-state index contributed by atoms with van der Waals surface area (Å²) in [6.45, 7) is 1.15. The second-order valence-electron chi connectivity index (χ2n) is 4.08. The van der Waals surface area contributed by atoms with Crippen molar-refractivity contribution in [3.05, 3.63) is 33.8 Å². The molecule has 96 valence electrons. The van der Waals surface area contributed by atoms with Gasteiger partial charge in [0.2, 0.25) is 11.8 Å². The molecule has 2 rings (SSSR count). The quantitative estimate of drug-likeness (QED) is 0.896. The van der Waals surface area contributed by atoms with Gasteiger partial charge in [-0.1, -0.05) is 29.3 Å². The number of nitrogens with zero attached hydrogens (tertiary/aromatic N) is 1. The van der Waals surface area contributed by atoms with Crippen molar-refractivity contribution in [1.82, 2.24) is 10.2 Å². The Balaban J connectivity index is 2.04. The lowest BCUT2D eigenvalue weighted by Gasteiger charge is -2.26. The van der Waals surface area contributed by atoms with E-state index in [1.54, 1.807) is 18.2 Å². The smallest absolute Gasteiger partial charge is 0.239 e. The predicted octanol–water partition coefficient (Wildman–Crippen LogP) is 1.49. The number of amides is 2. The lowest BCUT2D eigenvalue weighted by Crippen LogP contribution is -2.50. The molecule has 18 heavy (non-hydrogen) atoms. The number of halogens is 2. The van der Waals surface area contributed by atoms with Crippen LogP contribution in [0.1, 0.15) is 5.56 Å². The first-order valence-corrected chi connectivity index (χ1v) is 6.30. The van der Waals surface area contributed by atoms with Crippen LogP contribution in [0.2, 0.25) is 10.0 Å². The third kappa shape index (κ3) is 3.15. The van der Waals surface area contributed by atoms with Crippen molar-refractivity contribution < 1.29 is 9.59 Å². The van der Waals surface area contributed by atoms with E-state index in [0.29, 0.717) is 23.1 Å². The number of hydrogen-bond acceptors (Lipinski definition) is 2. The van der Waals surface area contributed by atoms with E-state index in [9.17, 15) is 9.59 Å². The fraction of sp³-hybridized carbons (Fsp3) is 0.333. The standard InChI is InChI=1S/C12H12Cl2N2O2/c13-9-2-1-8(10(14)6-9)5-12(18)16-4-3-15-11(17)7-16/h1-2,6H,3-5,7H2,(H,15,17). The molecular weight excluding hydrogens is 275 g/mol. The van der Waals surface area contributed by atoms with Crippen LogP contribution >= 0.6 is 23.2 Å². The van der Waals surface area contributed by atoms with Crippen LogP contribution in [-0.4, -0.2) is 36.3 Å². The van der Waals surface area contributed by atoms with Crippen LogP contribution < -0.4 is 5.32 Å². The van der Waals surface area contributed by atoms with E-state index in [2.05, 4.69) is 5.32 Å². The molecule has 0 saturated carbocycles. The number of rotatable bonds is 2. The zero-order valence-electron chi connectivity index (χ0n) is 9.58. The largest absolute Gasteiger partial charge is 0.353 e. The van der Waals surface area contributed by atoms with Crippen LogP contribution in [0.25, 0.3) is 0 Å². The van der Waals surface area contributed by atoms with Crippen LogP contribution in [-0.2, 0) is 16.0 Å². The highest BCUT2D eigenvalue weighted by molar-refractivity contribution is 6.35. The molecule has 0 spiro atoms. The summed E-state index contributed by atoms with van der Waals surface area (Å²) < 4.78 is 0. The van der Waals surface area contributed by atoms with E-state index in [1.807, 2.05) is 0 Å². The van der Waals surface area contributed by atoms with Crippen LogP contribution in [0.3, 0.4) is 0 Å². The van der Waals surface area contributed by atoms with Crippen molar-refractivity contribution in [2.45, 2.75) is 6.42 Å². The number of hydrogen-bond donors (Lipinski definition) is 1. The van der Waals surface area contributed by atoms with Gasteiger partial charge in [0.25, 0.3) is 0 Å². The lowest BCUT2D eigenvalue weighted by molar-refractivity contribution is -0.137. The third-order valence-corrected chi connectivity index (χ3v) is 3.33. The Bertz CT molecular complexity index is 491. The summed E-state index contributed by atoms with van der Waals surface area (Å²) in [4.78, 5) is 24.7. The minimum Gasteiger partial charge on any atom is -0.353 e. The molecule has 0 unspecified atom stereocenters. The molecule has 0 aromatic heterocycles. The monoisotopic (exact) mass is 286 g/mol. The minimum atomic E-state index is -0.128. The highest BCUT2D eigenvalue weighted by Crippen LogP contribution is 2.21. The van der Waals surface area contributed by atoms with Crippen molar-refractivity contribution in [1.29, 1.82) is 0 Å².